The van der Waals surface area contributed by atoms with E-state index in [1.807, 2.05) is 18.4 Å². The lowest BCUT2D eigenvalue weighted by Crippen LogP contribution is -2.31. The highest BCUT2D eigenvalue weighted by molar-refractivity contribution is 9.10. The van der Waals surface area contributed by atoms with Crippen LogP contribution in [0.4, 0.5) is 8.78 Å². The Morgan fingerprint density at radius 1 is 1.25 bits per heavy atom. The molecular formula is C14H14BrF2NOS. The van der Waals surface area contributed by atoms with E-state index in [9.17, 15) is 8.78 Å². The lowest BCUT2D eigenvalue weighted by atomic mass is 10.1. The van der Waals surface area contributed by atoms with Crippen LogP contribution in [0, 0.1) is 11.6 Å². The molecule has 108 valence electrons. The van der Waals surface area contributed by atoms with Gasteiger partial charge < -0.3 is 10.5 Å². The molecule has 6 heteroatoms. The summed E-state index contributed by atoms with van der Waals surface area (Å²) in [5, 5.41) is 1.92. The van der Waals surface area contributed by atoms with Crippen LogP contribution in [0.2, 0.25) is 0 Å². The Labute approximate surface area is 128 Å². The van der Waals surface area contributed by atoms with Crippen LogP contribution in [0.3, 0.4) is 0 Å². The number of benzene rings is 1. The Morgan fingerprint density at radius 2 is 1.90 bits per heavy atom. The Morgan fingerprint density at radius 3 is 2.40 bits per heavy atom. The molecule has 1 aromatic heterocycles. The van der Waals surface area contributed by atoms with Gasteiger partial charge in [0, 0.05) is 39.0 Å². The summed E-state index contributed by atoms with van der Waals surface area (Å²) in [6, 6.07) is 4.76. The number of thiophene rings is 1. The van der Waals surface area contributed by atoms with E-state index in [1.165, 1.54) is 11.3 Å². The highest BCUT2D eigenvalue weighted by Crippen LogP contribution is 2.32. The fourth-order valence-electron chi connectivity index (χ4n) is 1.79. The second kappa shape index (κ2) is 6.65. The standard InChI is InChI=1S/C14H14BrF2NOS/c1-2-12(18)14(13-3-8(15)7-20-13)19-11-5-9(16)4-10(17)6-11/h3-7,12,14H,2,18H2,1H3. The van der Waals surface area contributed by atoms with E-state index in [1.54, 1.807) is 0 Å². The molecule has 0 aliphatic heterocycles. The first-order chi connectivity index (χ1) is 9.49. The van der Waals surface area contributed by atoms with Crippen molar-refractivity contribution in [2.45, 2.75) is 25.5 Å². The van der Waals surface area contributed by atoms with Crippen molar-refractivity contribution in [1.29, 1.82) is 0 Å². The van der Waals surface area contributed by atoms with Crippen molar-refractivity contribution < 1.29 is 13.5 Å². The lowest BCUT2D eigenvalue weighted by Gasteiger charge is -2.23. The van der Waals surface area contributed by atoms with E-state index in [0.29, 0.717) is 6.42 Å². The molecule has 20 heavy (non-hydrogen) atoms. The Bertz CT molecular complexity index is 570. The van der Waals surface area contributed by atoms with Crippen LogP contribution < -0.4 is 10.5 Å². The largest absolute Gasteiger partial charge is 0.483 e. The third-order valence-electron chi connectivity index (χ3n) is 2.83. The van der Waals surface area contributed by atoms with Gasteiger partial charge in [-0.15, -0.1) is 11.3 Å². The van der Waals surface area contributed by atoms with Crippen LogP contribution in [0.1, 0.15) is 24.3 Å². The zero-order valence-corrected chi connectivity index (χ0v) is 13.2. The van der Waals surface area contributed by atoms with E-state index < -0.39 is 17.7 Å². The van der Waals surface area contributed by atoms with Gasteiger partial charge in [-0.25, -0.2) is 8.78 Å². The first-order valence-corrected chi connectivity index (χ1v) is 7.79. The molecule has 2 rings (SSSR count). The van der Waals surface area contributed by atoms with Gasteiger partial charge in [0.05, 0.1) is 0 Å². The summed E-state index contributed by atoms with van der Waals surface area (Å²) < 4.78 is 33.1. The van der Waals surface area contributed by atoms with Gasteiger partial charge in [0.25, 0.3) is 0 Å². The molecule has 2 N–H and O–H groups in total. The van der Waals surface area contributed by atoms with Gasteiger partial charge in [-0.1, -0.05) is 6.92 Å². The van der Waals surface area contributed by atoms with Crippen LogP contribution in [0.5, 0.6) is 5.75 Å². The lowest BCUT2D eigenvalue weighted by molar-refractivity contribution is 0.173. The maximum atomic E-state index is 13.2. The predicted octanol–water partition coefficient (Wildman–Crippen LogP) is 4.65. The smallest absolute Gasteiger partial charge is 0.148 e. The van der Waals surface area contributed by atoms with Gasteiger partial charge in [-0.05, 0) is 28.4 Å². The minimum absolute atomic E-state index is 0.140. The second-order valence-corrected chi connectivity index (χ2v) is 6.24. The van der Waals surface area contributed by atoms with Crippen molar-refractivity contribution in [3.63, 3.8) is 0 Å². The summed E-state index contributed by atoms with van der Waals surface area (Å²) in [4.78, 5) is 0.913. The first kappa shape index (κ1) is 15.4. The molecular weight excluding hydrogens is 348 g/mol. The van der Waals surface area contributed by atoms with Gasteiger partial charge in [-0.2, -0.15) is 0 Å². The number of nitrogens with two attached hydrogens (primary N) is 1. The van der Waals surface area contributed by atoms with Crippen LogP contribution in [-0.4, -0.2) is 6.04 Å². The normalized spacial score (nSPS) is 14.1. The monoisotopic (exact) mass is 361 g/mol. The van der Waals surface area contributed by atoms with Crippen LogP contribution >= 0.6 is 27.3 Å². The minimum atomic E-state index is -0.670. The van der Waals surface area contributed by atoms with Gasteiger partial charge in [0.1, 0.15) is 23.5 Å². The summed E-state index contributed by atoms with van der Waals surface area (Å²) in [5.41, 5.74) is 6.06. The summed E-state index contributed by atoms with van der Waals surface area (Å²) in [6.07, 6.45) is 0.260. The average Bonchev–Trinajstić information content (AvgIpc) is 2.80. The van der Waals surface area contributed by atoms with Crippen LogP contribution in [0.15, 0.2) is 34.1 Å². The zero-order valence-electron chi connectivity index (χ0n) is 10.8. The molecule has 0 saturated carbocycles. The molecule has 2 nitrogen and oxygen atoms in total. The van der Waals surface area contributed by atoms with Crippen LogP contribution in [-0.2, 0) is 0 Å². The number of halogens is 3. The summed E-state index contributed by atoms with van der Waals surface area (Å²) >= 11 is 4.86. The molecule has 0 spiro atoms. The molecule has 0 radical (unpaired) electrons. The SMILES string of the molecule is CCC(N)C(Oc1cc(F)cc(F)c1)c1cc(Br)cs1. The van der Waals surface area contributed by atoms with Crippen molar-refractivity contribution in [1.82, 2.24) is 0 Å². The van der Waals surface area contributed by atoms with Crippen LogP contribution in [0.25, 0.3) is 0 Å². The van der Waals surface area contributed by atoms with Gasteiger partial charge in [0.2, 0.25) is 0 Å². The van der Waals surface area contributed by atoms with Crippen molar-refractivity contribution >= 4 is 27.3 Å². The summed E-state index contributed by atoms with van der Waals surface area (Å²) in [6.45, 7) is 1.94. The summed E-state index contributed by atoms with van der Waals surface area (Å²) in [7, 11) is 0. The second-order valence-electron chi connectivity index (χ2n) is 4.38. The van der Waals surface area contributed by atoms with E-state index in [2.05, 4.69) is 15.9 Å². The Hall–Kier alpha value is -0.980. The van der Waals surface area contributed by atoms with Gasteiger partial charge in [-0.3, -0.25) is 0 Å². The van der Waals surface area contributed by atoms with Crippen molar-refractivity contribution in [2.75, 3.05) is 0 Å². The van der Waals surface area contributed by atoms with E-state index in [-0.39, 0.29) is 11.8 Å². The van der Waals surface area contributed by atoms with E-state index >= 15 is 0 Å². The number of rotatable bonds is 5. The third-order valence-corrected chi connectivity index (χ3v) is 4.58. The molecule has 0 amide bonds. The Kier molecular flexibility index (Phi) is 5.12. The number of hydrogen-bond acceptors (Lipinski definition) is 3. The molecule has 2 unspecified atom stereocenters. The first-order valence-electron chi connectivity index (χ1n) is 6.12. The molecule has 0 aliphatic carbocycles. The topological polar surface area (TPSA) is 35.2 Å². The molecule has 2 atom stereocenters. The highest BCUT2D eigenvalue weighted by atomic mass is 79.9. The maximum absolute atomic E-state index is 13.2. The third kappa shape index (κ3) is 3.77. The predicted molar refractivity (Wildman–Crippen MR) is 80.0 cm³/mol. The maximum Gasteiger partial charge on any atom is 0.148 e. The van der Waals surface area contributed by atoms with E-state index in [0.717, 1.165) is 27.5 Å². The van der Waals surface area contributed by atoms with Crippen molar-refractivity contribution in [2.24, 2.45) is 5.73 Å². The quantitative estimate of drug-likeness (QED) is 0.841. The molecule has 2 aromatic rings. The molecule has 0 aliphatic rings. The molecule has 1 heterocycles. The summed E-state index contributed by atoms with van der Waals surface area (Å²) in [5.74, 6) is -1.20. The minimum Gasteiger partial charge on any atom is -0.483 e. The molecule has 0 fully saturated rings. The van der Waals surface area contributed by atoms with Crippen molar-refractivity contribution in [3.05, 3.63) is 50.6 Å². The van der Waals surface area contributed by atoms with Crippen molar-refractivity contribution in [3.8, 4) is 5.75 Å². The molecule has 0 bridgehead atoms. The molecule has 1 aromatic carbocycles. The Balaban J connectivity index is 2.28. The zero-order chi connectivity index (χ0) is 14.7. The average molecular weight is 362 g/mol. The number of ether oxygens (including phenoxy) is 1. The van der Waals surface area contributed by atoms with Gasteiger partial charge >= 0.3 is 0 Å². The number of hydrogen-bond donors (Lipinski definition) is 1. The highest BCUT2D eigenvalue weighted by Gasteiger charge is 2.22. The van der Waals surface area contributed by atoms with Gasteiger partial charge in [0.15, 0.2) is 0 Å². The fraction of sp³-hybridized carbons (Fsp3) is 0.286. The fourth-order valence-corrected chi connectivity index (χ4v) is 3.34. The van der Waals surface area contributed by atoms with E-state index in [4.69, 9.17) is 10.5 Å². The molecule has 0 saturated heterocycles.